The summed E-state index contributed by atoms with van der Waals surface area (Å²) < 4.78 is 42.4. The van der Waals surface area contributed by atoms with Crippen molar-refractivity contribution < 1.29 is 73.1 Å². The fraction of sp³-hybridized carbons (Fsp3) is 0.740. The monoisotopic (exact) mass is 912 g/mol. The molecular weight excluding hydrogens is 841 g/mol. The van der Waals surface area contributed by atoms with Crippen LogP contribution in [0.1, 0.15) is 122 Å². The molecule has 1 aromatic carbocycles. The zero-order chi connectivity index (χ0) is 46.8. The molecule has 1 heterocycles. The molecule has 0 radical (unpaired) electrons. The lowest BCUT2D eigenvalue weighted by molar-refractivity contribution is -0.321. The van der Waals surface area contributed by atoms with Crippen LogP contribution in [0.15, 0.2) is 48.6 Å². The van der Waals surface area contributed by atoms with Gasteiger partial charge in [-0.2, -0.15) is 0 Å². The lowest BCUT2D eigenvalue weighted by Gasteiger charge is -2.59. The molecule has 1 saturated heterocycles. The highest BCUT2D eigenvalue weighted by Gasteiger charge is 2.70. The number of unbranched alkanes of at least 4 members (excludes halogenated alkanes) is 2. The molecule has 0 aromatic heterocycles. The summed E-state index contributed by atoms with van der Waals surface area (Å²) >= 11 is 0. The second-order valence-corrected chi connectivity index (χ2v) is 20.1. The Morgan fingerprint density at radius 1 is 0.923 bits per heavy atom. The number of allylic oxidation sites excluding steroid dienone is 2. The number of carbonyl (C=O) groups is 3. The first-order valence-corrected chi connectivity index (χ1v) is 23.8. The number of methoxy groups -OCH3 is 1. The van der Waals surface area contributed by atoms with Crippen LogP contribution >= 0.6 is 0 Å². The highest BCUT2D eigenvalue weighted by molar-refractivity contribution is 5.89. The van der Waals surface area contributed by atoms with E-state index in [0.717, 1.165) is 38.5 Å². The number of carbonyl (C=O) groups excluding carboxylic acids is 3. The zero-order valence-corrected chi connectivity index (χ0v) is 38.7. The molecule has 6 aliphatic rings. The normalized spacial score (nSPS) is 40.5. The highest BCUT2D eigenvalue weighted by atomic mass is 16.7. The Kier molecular flexibility index (Phi) is 15.6. The average molecular weight is 913 g/mol. The summed E-state index contributed by atoms with van der Waals surface area (Å²) in [5.41, 5.74) is -0.864. The number of ether oxygens (including phenoxy) is 7. The van der Waals surface area contributed by atoms with E-state index in [4.69, 9.17) is 33.2 Å². The summed E-state index contributed by atoms with van der Waals surface area (Å²) in [5, 5.41) is 57.5. The predicted molar refractivity (Wildman–Crippen MR) is 235 cm³/mol. The van der Waals surface area contributed by atoms with E-state index in [0.29, 0.717) is 37.4 Å². The Labute approximate surface area is 382 Å². The summed E-state index contributed by atoms with van der Waals surface area (Å²) in [6, 6.07) is 6.18. The maximum atomic E-state index is 13.5. The number of hydrogen-bond acceptors (Lipinski definition) is 15. The molecule has 17 atom stereocenters. The maximum Gasteiger partial charge on any atom is 0.338 e. The number of hydrogen-bond donors (Lipinski definition) is 5. The summed E-state index contributed by atoms with van der Waals surface area (Å²) in [6.07, 6.45) is 0.00943. The minimum absolute atomic E-state index is 0.0283. The second kappa shape index (κ2) is 20.4. The van der Waals surface area contributed by atoms with Gasteiger partial charge in [-0.25, -0.2) is 4.79 Å². The van der Waals surface area contributed by atoms with E-state index >= 15 is 0 Å². The maximum absolute atomic E-state index is 13.5. The van der Waals surface area contributed by atoms with E-state index < -0.39 is 84.0 Å². The van der Waals surface area contributed by atoms with E-state index in [1.807, 2.05) is 13.0 Å². The number of esters is 3. The molecule has 5 N–H and O–H groups in total. The molecule has 1 aromatic rings. The van der Waals surface area contributed by atoms with E-state index in [2.05, 4.69) is 26.5 Å². The van der Waals surface area contributed by atoms with Gasteiger partial charge in [-0.3, -0.25) is 9.59 Å². The fourth-order valence-corrected chi connectivity index (χ4v) is 12.7. The van der Waals surface area contributed by atoms with Crippen LogP contribution in [0.5, 0.6) is 5.75 Å². The highest BCUT2D eigenvalue weighted by Crippen LogP contribution is 2.69. The molecule has 3 unspecified atom stereocenters. The van der Waals surface area contributed by atoms with Crippen LogP contribution in [0.3, 0.4) is 0 Å². The van der Waals surface area contributed by atoms with Crippen molar-refractivity contribution in [2.45, 2.75) is 178 Å². The van der Waals surface area contributed by atoms with Gasteiger partial charge in [0.15, 0.2) is 18.5 Å². The van der Waals surface area contributed by atoms with Gasteiger partial charge in [0.05, 0.1) is 50.3 Å². The first kappa shape index (κ1) is 49.5. The van der Waals surface area contributed by atoms with Crippen molar-refractivity contribution in [1.82, 2.24) is 0 Å². The smallest absolute Gasteiger partial charge is 0.338 e. The number of fused-ring (bicyclic) bond motifs is 5. The van der Waals surface area contributed by atoms with Gasteiger partial charge in [0.25, 0.3) is 0 Å². The molecule has 65 heavy (non-hydrogen) atoms. The minimum atomic E-state index is -1.57. The molecule has 7 rings (SSSR count). The van der Waals surface area contributed by atoms with Crippen molar-refractivity contribution in [1.29, 1.82) is 0 Å². The van der Waals surface area contributed by atoms with E-state index in [1.165, 1.54) is 31.7 Å². The molecule has 15 heteroatoms. The Balaban J connectivity index is 1.16. The van der Waals surface area contributed by atoms with Crippen molar-refractivity contribution in [2.24, 2.45) is 34.5 Å². The summed E-state index contributed by atoms with van der Waals surface area (Å²) in [5.74, 6) is -1.44. The quantitative estimate of drug-likeness (QED) is 0.0630. The second-order valence-electron chi connectivity index (χ2n) is 20.1. The Morgan fingerprint density at radius 2 is 1.68 bits per heavy atom. The zero-order valence-electron chi connectivity index (χ0n) is 38.7. The van der Waals surface area contributed by atoms with Crippen LogP contribution in [0, 0.1) is 34.5 Å². The van der Waals surface area contributed by atoms with E-state index in [9.17, 15) is 39.9 Å². The van der Waals surface area contributed by atoms with E-state index in [1.54, 1.807) is 12.1 Å². The number of rotatable bonds is 16. The summed E-state index contributed by atoms with van der Waals surface area (Å²) in [7, 11) is 1.50. The number of benzene rings is 1. The van der Waals surface area contributed by atoms with Crippen LogP contribution in [0.4, 0.5) is 0 Å². The molecule has 5 fully saturated rings. The molecular formula is C50H72O15. The SMILES string of the molecule is C=CCCCCC(=O)OC[C@@H](C)[C@@]1(O)[C@@H](O[C@@H]2OC[C@H](O)[C@H](O[C@@H]3CC[C@@H](O)[C@H](O)[C@H]3OC(=O)c3ccc(OC)cc3)[C@H]2OC(C)=O)CC2C3CC=C4C[C@@H](O)CC[C@]4(C)C3CC[C@@]21C. The molecule has 362 valence electrons. The fourth-order valence-electron chi connectivity index (χ4n) is 12.7. The predicted octanol–water partition coefficient (Wildman–Crippen LogP) is 5.11. The van der Waals surface area contributed by atoms with Crippen LogP contribution in [0.25, 0.3) is 0 Å². The third kappa shape index (κ3) is 9.81. The van der Waals surface area contributed by atoms with Crippen molar-refractivity contribution in [3.63, 3.8) is 0 Å². The van der Waals surface area contributed by atoms with Crippen LogP contribution < -0.4 is 4.74 Å². The Hall–Kier alpha value is -3.41. The van der Waals surface area contributed by atoms with Crippen molar-refractivity contribution in [2.75, 3.05) is 20.3 Å². The van der Waals surface area contributed by atoms with Gasteiger partial charge in [0.2, 0.25) is 0 Å². The van der Waals surface area contributed by atoms with Gasteiger partial charge in [-0.15, -0.1) is 6.58 Å². The van der Waals surface area contributed by atoms with Gasteiger partial charge in [0.1, 0.15) is 29.7 Å². The lowest BCUT2D eigenvalue weighted by atomic mass is 9.46. The van der Waals surface area contributed by atoms with Crippen molar-refractivity contribution in [3.8, 4) is 5.75 Å². The Bertz CT molecular complexity index is 1870. The Morgan fingerprint density at radius 3 is 2.38 bits per heavy atom. The molecule has 5 aliphatic carbocycles. The van der Waals surface area contributed by atoms with Gasteiger partial charge >= 0.3 is 17.9 Å². The van der Waals surface area contributed by atoms with Gasteiger partial charge in [-0.1, -0.05) is 38.5 Å². The molecule has 15 nitrogen and oxygen atoms in total. The topological polar surface area (TPSA) is 217 Å². The summed E-state index contributed by atoms with van der Waals surface area (Å²) in [6.45, 7) is 10.9. The van der Waals surface area contributed by atoms with E-state index in [-0.39, 0.29) is 67.4 Å². The first-order chi connectivity index (χ1) is 30.9. The van der Waals surface area contributed by atoms with Crippen LogP contribution in [0.2, 0.25) is 0 Å². The molecule has 4 saturated carbocycles. The van der Waals surface area contributed by atoms with Gasteiger partial charge < -0.3 is 58.7 Å². The standard InChI is InChI=1S/C50H72O15/c1-7-8-9-10-11-41(55)60-26-28(2)50(58)40(25-36-34-17-14-31-24-32(52)20-22-48(31,4)35(34)21-23-49(36,50)5)64-47-45(62-29(3)51)43(38(54)27-61-47)63-39-19-18-37(53)42(56)44(39)65-46(57)30-12-15-33(59-6)16-13-30/h7,12-16,28,32,34-40,42-45,47,52-54,56,58H,1,8-11,17-27H2,2-6H3/t28-,32+,34?,35?,36?,37-,38+,39-,40+,42+,43+,44+,45-,47+,48+,49+,50-/m1/s1. The van der Waals surface area contributed by atoms with Crippen LogP contribution in [-0.4, -0.2) is 131 Å². The van der Waals surface area contributed by atoms with Gasteiger partial charge in [0, 0.05) is 24.7 Å². The summed E-state index contributed by atoms with van der Waals surface area (Å²) in [4.78, 5) is 39.3. The largest absolute Gasteiger partial charge is 0.497 e. The average Bonchev–Trinajstić information content (AvgIpc) is 3.51. The van der Waals surface area contributed by atoms with Crippen LogP contribution in [-0.2, 0) is 38.0 Å². The molecule has 0 amide bonds. The minimum Gasteiger partial charge on any atom is -0.497 e. The lowest BCUT2D eigenvalue weighted by Crippen LogP contribution is -2.63. The third-order valence-corrected chi connectivity index (χ3v) is 16.4. The molecule has 0 bridgehead atoms. The van der Waals surface area contributed by atoms with Crippen molar-refractivity contribution in [3.05, 3.63) is 54.1 Å². The van der Waals surface area contributed by atoms with Crippen molar-refractivity contribution >= 4 is 17.9 Å². The molecule has 1 aliphatic heterocycles. The first-order valence-electron chi connectivity index (χ1n) is 23.8. The van der Waals surface area contributed by atoms with Gasteiger partial charge in [-0.05, 0) is 124 Å². The number of aliphatic hydroxyl groups excluding tert-OH is 4. The third-order valence-electron chi connectivity index (χ3n) is 16.4. The molecule has 0 spiro atoms. The number of aliphatic hydroxyl groups is 5.